The fourth-order valence-electron chi connectivity index (χ4n) is 8.49. The van der Waals surface area contributed by atoms with Gasteiger partial charge in [-0.2, -0.15) is 10.5 Å². The van der Waals surface area contributed by atoms with E-state index >= 15 is 0 Å². The Labute approximate surface area is 305 Å². The van der Waals surface area contributed by atoms with E-state index in [2.05, 4.69) is 55.9 Å². The van der Waals surface area contributed by atoms with E-state index in [1.165, 1.54) is 0 Å². The molecule has 274 valence electrons. The third-order valence-corrected chi connectivity index (χ3v) is 11.5. The number of aryl methyl sites for hydroxylation is 2. The number of H-pyrrole nitrogens is 1. The van der Waals surface area contributed by atoms with Crippen LogP contribution in [0.3, 0.4) is 0 Å². The number of likely N-dealkylation sites (tertiary alicyclic amines) is 1. The van der Waals surface area contributed by atoms with Crippen LogP contribution < -0.4 is 5.32 Å². The van der Waals surface area contributed by atoms with Gasteiger partial charge in [0.2, 0.25) is 5.91 Å². The molecule has 2 N–H and O–H groups in total. The standard InChI is InChI=1S/C38H49N11O3/c1-26(40-25-34(50)49-12-4-5-31(49)24-39)23-38(37-41-43-44-42-37)32-10-8-29(35(51)47-17-13-45(2)14-18-47)21-27(32)6-7-28-22-30(9-11-33(28)38)36(52)48-19-15-46(3)16-20-48/h8-11,21-22,26,31,40H,4-7,12-20,23,25H2,1-3H3,(H,41,42,43,44)/t26-,31+/m1/s1. The minimum absolute atomic E-state index is 0.0222. The maximum absolute atomic E-state index is 13.8. The molecule has 52 heavy (non-hydrogen) atoms. The number of amides is 3. The molecule has 0 saturated carbocycles. The molecule has 0 spiro atoms. The van der Waals surface area contributed by atoms with Crippen LogP contribution in [-0.2, 0) is 23.1 Å². The van der Waals surface area contributed by atoms with Gasteiger partial charge in [0.1, 0.15) is 6.04 Å². The quantitative estimate of drug-likeness (QED) is 0.350. The van der Waals surface area contributed by atoms with E-state index in [4.69, 9.17) is 0 Å². The van der Waals surface area contributed by atoms with Crippen LogP contribution in [0.4, 0.5) is 0 Å². The summed E-state index contributed by atoms with van der Waals surface area (Å²) < 4.78 is 0. The Hall–Kier alpha value is -4.71. The summed E-state index contributed by atoms with van der Waals surface area (Å²) in [6, 6.07) is 13.7. The van der Waals surface area contributed by atoms with Crippen molar-refractivity contribution >= 4 is 17.7 Å². The predicted molar refractivity (Wildman–Crippen MR) is 194 cm³/mol. The van der Waals surface area contributed by atoms with Crippen molar-refractivity contribution in [3.63, 3.8) is 0 Å². The van der Waals surface area contributed by atoms with Crippen LogP contribution in [0.5, 0.6) is 0 Å². The number of aromatic amines is 1. The Kier molecular flexibility index (Phi) is 10.4. The van der Waals surface area contributed by atoms with Gasteiger partial charge in [0.05, 0.1) is 18.0 Å². The molecule has 2 atom stereocenters. The summed E-state index contributed by atoms with van der Waals surface area (Å²) >= 11 is 0. The van der Waals surface area contributed by atoms with Gasteiger partial charge in [-0.15, -0.1) is 10.2 Å². The van der Waals surface area contributed by atoms with E-state index in [9.17, 15) is 19.6 Å². The maximum Gasteiger partial charge on any atom is 0.253 e. The Balaban J connectivity index is 1.27. The number of benzene rings is 2. The molecule has 1 aromatic heterocycles. The molecule has 3 saturated heterocycles. The van der Waals surface area contributed by atoms with Crippen LogP contribution >= 0.6 is 0 Å². The Bertz CT molecular complexity index is 1740. The number of tetrazole rings is 1. The highest BCUT2D eigenvalue weighted by molar-refractivity contribution is 5.95. The Morgan fingerprint density at radius 1 is 0.885 bits per heavy atom. The molecule has 2 aromatic carbocycles. The molecular formula is C38H49N11O3. The van der Waals surface area contributed by atoms with Crippen molar-refractivity contribution in [2.75, 3.05) is 79.5 Å². The molecule has 1 aliphatic carbocycles. The van der Waals surface area contributed by atoms with Crippen molar-refractivity contribution < 1.29 is 14.4 Å². The summed E-state index contributed by atoms with van der Waals surface area (Å²) in [7, 11) is 4.15. The van der Waals surface area contributed by atoms with Gasteiger partial charge >= 0.3 is 0 Å². The summed E-state index contributed by atoms with van der Waals surface area (Å²) in [6.07, 6.45) is 3.31. The lowest BCUT2D eigenvalue weighted by molar-refractivity contribution is -0.130. The van der Waals surface area contributed by atoms with Crippen molar-refractivity contribution in [3.05, 3.63) is 75.6 Å². The van der Waals surface area contributed by atoms with Gasteiger partial charge in [0.15, 0.2) is 5.82 Å². The first-order chi connectivity index (χ1) is 25.2. The molecule has 7 rings (SSSR count). The van der Waals surface area contributed by atoms with Crippen LogP contribution in [0.1, 0.15) is 75.0 Å². The Morgan fingerprint density at radius 2 is 1.44 bits per heavy atom. The molecule has 3 aliphatic heterocycles. The number of hydrogen-bond donors (Lipinski definition) is 2. The van der Waals surface area contributed by atoms with Gasteiger partial charge in [-0.05, 0) is 99.6 Å². The lowest BCUT2D eigenvalue weighted by atomic mass is 9.67. The second-order valence-corrected chi connectivity index (χ2v) is 14.9. The van der Waals surface area contributed by atoms with Crippen LogP contribution in [0.25, 0.3) is 0 Å². The predicted octanol–water partition coefficient (Wildman–Crippen LogP) is 1.29. The first kappa shape index (κ1) is 35.7. The molecule has 4 aliphatic rings. The van der Waals surface area contributed by atoms with Crippen molar-refractivity contribution in [1.29, 1.82) is 5.26 Å². The third-order valence-electron chi connectivity index (χ3n) is 11.5. The Morgan fingerprint density at radius 3 is 1.94 bits per heavy atom. The van der Waals surface area contributed by atoms with Crippen LogP contribution in [0, 0.1) is 11.3 Å². The first-order valence-electron chi connectivity index (χ1n) is 18.6. The molecule has 3 amide bonds. The summed E-state index contributed by atoms with van der Waals surface area (Å²) in [5.41, 5.74) is 4.37. The molecule has 3 aromatic rings. The van der Waals surface area contributed by atoms with E-state index in [1.54, 1.807) is 4.90 Å². The van der Waals surface area contributed by atoms with E-state index in [0.29, 0.717) is 75.4 Å². The lowest BCUT2D eigenvalue weighted by Gasteiger charge is -2.37. The fraction of sp³-hybridized carbons (Fsp3) is 0.553. The highest BCUT2D eigenvalue weighted by Gasteiger charge is 2.46. The number of rotatable bonds is 8. The molecule has 4 heterocycles. The zero-order valence-electron chi connectivity index (χ0n) is 30.5. The molecule has 0 unspecified atom stereocenters. The van der Waals surface area contributed by atoms with Gasteiger partial charge in [0.25, 0.3) is 11.8 Å². The number of nitrogens with zero attached hydrogens (tertiary/aromatic N) is 9. The summed E-state index contributed by atoms with van der Waals surface area (Å²) in [5.74, 6) is 0.436. The van der Waals surface area contributed by atoms with E-state index in [1.807, 2.05) is 53.1 Å². The van der Waals surface area contributed by atoms with Gasteiger partial charge in [0, 0.05) is 76.1 Å². The van der Waals surface area contributed by atoms with Crippen molar-refractivity contribution in [1.82, 2.24) is 50.4 Å². The second-order valence-electron chi connectivity index (χ2n) is 14.9. The minimum atomic E-state index is -0.919. The van der Waals surface area contributed by atoms with Gasteiger partial charge in [-0.3, -0.25) is 14.4 Å². The van der Waals surface area contributed by atoms with Crippen molar-refractivity contribution in [3.8, 4) is 6.07 Å². The van der Waals surface area contributed by atoms with E-state index in [-0.39, 0.29) is 36.3 Å². The molecule has 14 nitrogen and oxygen atoms in total. The smallest absolute Gasteiger partial charge is 0.253 e. The van der Waals surface area contributed by atoms with Crippen LogP contribution in [-0.4, -0.2) is 154 Å². The monoisotopic (exact) mass is 707 g/mol. The number of nitriles is 1. The van der Waals surface area contributed by atoms with Gasteiger partial charge < -0.3 is 29.8 Å². The lowest BCUT2D eigenvalue weighted by Crippen LogP contribution is -2.47. The normalized spacial score (nSPS) is 21.2. The second kappa shape index (κ2) is 15.1. The number of hydrogen-bond acceptors (Lipinski definition) is 10. The first-order valence-corrected chi connectivity index (χ1v) is 18.6. The maximum atomic E-state index is 13.8. The largest absolute Gasteiger partial charge is 0.336 e. The minimum Gasteiger partial charge on any atom is -0.336 e. The number of aromatic nitrogens is 4. The number of likely N-dealkylation sites (N-methyl/N-ethyl adjacent to an activating group) is 2. The summed E-state index contributed by atoms with van der Waals surface area (Å²) in [6.45, 7) is 8.81. The van der Waals surface area contributed by atoms with Crippen molar-refractivity contribution in [2.24, 2.45) is 0 Å². The zero-order chi connectivity index (χ0) is 36.4. The van der Waals surface area contributed by atoms with Gasteiger partial charge in [-0.25, -0.2) is 0 Å². The average Bonchev–Trinajstić information content (AvgIpc) is 3.87. The topological polar surface area (TPSA) is 158 Å². The summed E-state index contributed by atoms with van der Waals surface area (Å²) in [5, 5.41) is 29.0. The summed E-state index contributed by atoms with van der Waals surface area (Å²) in [4.78, 5) is 50.9. The number of piperazine rings is 2. The highest BCUT2D eigenvalue weighted by atomic mass is 16.2. The van der Waals surface area contributed by atoms with Crippen LogP contribution in [0.15, 0.2) is 36.4 Å². The van der Waals surface area contributed by atoms with Crippen molar-refractivity contribution in [2.45, 2.75) is 56.5 Å². The molecule has 0 radical (unpaired) electrons. The zero-order valence-corrected chi connectivity index (χ0v) is 30.5. The molecule has 0 bridgehead atoms. The van der Waals surface area contributed by atoms with E-state index in [0.717, 1.165) is 54.9 Å². The highest BCUT2D eigenvalue weighted by Crippen LogP contribution is 2.47. The molecular weight excluding hydrogens is 658 g/mol. The van der Waals surface area contributed by atoms with E-state index < -0.39 is 5.41 Å². The number of fused-ring (bicyclic) bond motifs is 2. The third kappa shape index (κ3) is 6.92. The molecule has 3 fully saturated rings. The number of carbonyl (C=O) groups is 3. The fourth-order valence-corrected chi connectivity index (χ4v) is 8.49. The van der Waals surface area contributed by atoms with Gasteiger partial charge in [-0.1, -0.05) is 17.3 Å². The SMILES string of the molecule is C[C@H](CC1(c2nn[nH]n2)c2ccc(C(=O)N3CCN(C)CC3)cc2CCc2cc(C(=O)N3CCN(C)CC3)ccc21)NCC(=O)N1CCC[C@H]1C#N. The number of nitrogens with one attached hydrogen (secondary N) is 2. The average molecular weight is 708 g/mol. The van der Waals surface area contributed by atoms with Crippen LogP contribution in [0.2, 0.25) is 0 Å². The molecule has 14 heteroatoms. The number of carbonyl (C=O) groups excluding carboxylic acids is 3.